The molecule has 0 fully saturated rings. The SMILES string of the molecule is O=C(c1ccoc1)n1nc(-c2cccn(Cc3cccc(Cl)c3)c2=O)cc1NCc1ccc(Cl)s1. The van der Waals surface area contributed by atoms with E-state index in [0.717, 1.165) is 10.4 Å². The van der Waals surface area contributed by atoms with Crippen LogP contribution in [0.25, 0.3) is 11.3 Å². The van der Waals surface area contributed by atoms with Gasteiger partial charge in [0.25, 0.3) is 11.5 Å². The van der Waals surface area contributed by atoms with Crippen LogP contribution in [0.5, 0.6) is 0 Å². The molecule has 7 nitrogen and oxygen atoms in total. The van der Waals surface area contributed by atoms with E-state index in [2.05, 4.69) is 10.4 Å². The summed E-state index contributed by atoms with van der Waals surface area (Å²) >= 11 is 13.6. The number of aromatic nitrogens is 3. The minimum Gasteiger partial charge on any atom is -0.472 e. The molecule has 4 heterocycles. The average Bonchev–Trinajstić information content (AvgIpc) is 3.60. The number of pyridine rings is 1. The summed E-state index contributed by atoms with van der Waals surface area (Å²) in [5.41, 5.74) is 1.75. The van der Waals surface area contributed by atoms with Crippen molar-refractivity contribution in [1.82, 2.24) is 14.3 Å². The molecule has 1 N–H and O–H groups in total. The molecule has 0 saturated heterocycles. The van der Waals surface area contributed by atoms with E-state index >= 15 is 0 Å². The molecule has 0 bridgehead atoms. The van der Waals surface area contributed by atoms with Gasteiger partial charge in [-0.2, -0.15) is 9.78 Å². The number of thiophene rings is 1. The van der Waals surface area contributed by atoms with Gasteiger partial charge in [0.05, 0.1) is 34.8 Å². The maximum absolute atomic E-state index is 13.3. The van der Waals surface area contributed by atoms with Gasteiger partial charge in [0, 0.05) is 22.2 Å². The molecule has 0 aliphatic rings. The number of nitrogens with zero attached hydrogens (tertiary/aromatic N) is 3. The van der Waals surface area contributed by atoms with Gasteiger partial charge < -0.3 is 14.3 Å². The predicted molar refractivity (Wildman–Crippen MR) is 138 cm³/mol. The maximum atomic E-state index is 13.3. The zero-order valence-electron chi connectivity index (χ0n) is 18.2. The Balaban J connectivity index is 1.50. The quantitative estimate of drug-likeness (QED) is 0.281. The van der Waals surface area contributed by atoms with Crippen LogP contribution in [0, 0.1) is 0 Å². The lowest BCUT2D eigenvalue weighted by Crippen LogP contribution is -2.22. The number of nitrogens with one attached hydrogen (secondary N) is 1. The van der Waals surface area contributed by atoms with Gasteiger partial charge in [0.2, 0.25) is 0 Å². The molecule has 5 aromatic rings. The lowest BCUT2D eigenvalue weighted by molar-refractivity contribution is 0.0947. The lowest BCUT2D eigenvalue weighted by Gasteiger charge is -2.07. The van der Waals surface area contributed by atoms with Crippen molar-refractivity contribution < 1.29 is 9.21 Å². The molecule has 0 spiro atoms. The van der Waals surface area contributed by atoms with Gasteiger partial charge in [-0.25, -0.2) is 0 Å². The van der Waals surface area contributed by atoms with Gasteiger partial charge in [0.1, 0.15) is 17.8 Å². The van der Waals surface area contributed by atoms with Crippen molar-refractivity contribution >= 4 is 46.3 Å². The predicted octanol–water partition coefficient (Wildman–Crippen LogP) is 6.02. The minimum atomic E-state index is -0.383. The molecule has 0 radical (unpaired) electrons. The second kappa shape index (κ2) is 9.95. The van der Waals surface area contributed by atoms with Crippen molar-refractivity contribution in [2.24, 2.45) is 0 Å². The minimum absolute atomic E-state index is 0.232. The molecule has 35 heavy (non-hydrogen) atoms. The summed E-state index contributed by atoms with van der Waals surface area (Å²) < 4.78 is 8.56. The Kier molecular flexibility index (Phi) is 6.59. The van der Waals surface area contributed by atoms with Gasteiger partial charge in [-0.05, 0) is 48.0 Å². The van der Waals surface area contributed by atoms with Crippen LogP contribution >= 0.6 is 34.5 Å². The van der Waals surface area contributed by atoms with Crippen molar-refractivity contribution in [3.05, 3.63) is 115 Å². The van der Waals surface area contributed by atoms with Gasteiger partial charge in [-0.15, -0.1) is 11.3 Å². The third-order valence-electron chi connectivity index (χ3n) is 5.28. The standard InChI is InChI=1S/C25H18Cl2N4O3S/c26-18-4-1-3-16(11-18)14-30-9-2-5-20(25(30)33)21-12-23(28-13-19-6-7-22(27)35-19)31(29-21)24(32)17-8-10-34-15-17/h1-12,15,28H,13-14H2. The van der Waals surface area contributed by atoms with Gasteiger partial charge in [-0.1, -0.05) is 35.3 Å². The fourth-order valence-corrected chi connectivity index (χ4v) is 4.85. The Morgan fingerprint density at radius 1 is 1.09 bits per heavy atom. The van der Waals surface area contributed by atoms with Gasteiger partial charge in [-0.3, -0.25) is 9.59 Å². The van der Waals surface area contributed by atoms with E-state index in [-0.39, 0.29) is 11.5 Å². The first kappa shape index (κ1) is 23.2. The zero-order chi connectivity index (χ0) is 24.4. The maximum Gasteiger partial charge on any atom is 0.283 e. The molecule has 0 unspecified atom stereocenters. The van der Waals surface area contributed by atoms with Crippen LogP contribution in [-0.4, -0.2) is 20.3 Å². The Morgan fingerprint density at radius 3 is 2.71 bits per heavy atom. The summed E-state index contributed by atoms with van der Waals surface area (Å²) in [5, 5.41) is 8.32. The Hall–Kier alpha value is -3.59. The van der Waals surface area contributed by atoms with Crippen LogP contribution in [-0.2, 0) is 13.1 Å². The van der Waals surface area contributed by atoms with Crippen molar-refractivity contribution in [3.63, 3.8) is 0 Å². The van der Waals surface area contributed by atoms with Crippen LogP contribution < -0.4 is 10.9 Å². The molecule has 0 amide bonds. The highest BCUT2D eigenvalue weighted by molar-refractivity contribution is 7.16. The first-order valence-corrected chi connectivity index (χ1v) is 12.1. The largest absolute Gasteiger partial charge is 0.472 e. The normalized spacial score (nSPS) is 11.0. The van der Waals surface area contributed by atoms with Crippen molar-refractivity contribution in [2.75, 3.05) is 5.32 Å². The smallest absolute Gasteiger partial charge is 0.283 e. The number of rotatable bonds is 7. The van der Waals surface area contributed by atoms with Crippen LogP contribution in [0.4, 0.5) is 5.82 Å². The van der Waals surface area contributed by atoms with E-state index in [1.54, 1.807) is 41.1 Å². The highest BCUT2D eigenvalue weighted by atomic mass is 35.5. The lowest BCUT2D eigenvalue weighted by atomic mass is 10.2. The number of carbonyl (C=O) groups excluding carboxylic acids is 1. The summed E-state index contributed by atoms with van der Waals surface area (Å²) in [4.78, 5) is 27.4. The monoisotopic (exact) mass is 524 g/mol. The summed E-state index contributed by atoms with van der Waals surface area (Å²) in [6.45, 7) is 0.793. The van der Waals surface area contributed by atoms with E-state index in [0.29, 0.717) is 45.1 Å². The topological polar surface area (TPSA) is 82.1 Å². The van der Waals surface area contributed by atoms with Crippen LogP contribution in [0.1, 0.15) is 20.8 Å². The molecule has 0 saturated carbocycles. The number of furan rings is 1. The summed E-state index contributed by atoms with van der Waals surface area (Å²) in [5.74, 6) is 0.0623. The molecule has 1 aromatic carbocycles. The number of hydrogen-bond donors (Lipinski definition) is 1. The first-order chi connectivity index (χ1) is 17.0. The highest BCUT2D eigenvalue weighted by Crippen LogP contribution is 2.25. The third kappa shape index (κ3) is 5.09. The van der Waals surface area contributed by atoms with Gasteiger partial charge in [0.15, 0.2) is 0 Å². The number of benzene rings is 1. The van der Waals surface area contributed by atoms with E-state index in [4.69, 9.17) is 27.6 Å². The van der Waals surface area contributed by atoms with Crippen molar-refractivity contribution in [1.29, 1.82) is 0 Å². The Bertz CT molecular complexity index is 1550. The van der Waals surface area contributed by atoms with Crippen molar-refractivity contribution in [3.8, 4) is 11.3 Å². The molecular weight excluding hydrogens is 507 g/mol. The fourth-order valence-electron chi connectivity index (χ4n) is 3.61. The highest BCUT2D eigenvalue weighted by Gasteiger charge is 2.20. The second-order valence-electron chi connectivity index (χ2n) is 7.69. The molecule has 0 aliphatic carbocycles. The van der Waals surface area contributed by atoms with E-state index in [9.17, 15) is 9.59 Å². The summed E-state index contributed by atoms with van der Waals surface area (Å²) in [7, 11) is 0. The molecule has 0 atom stereocenters. The molecule has 4 aromatic heterocycles. The van der Waals surface area contributed by atoms with Crippen LogP contribution in [0.3, 0.4) is 0 Å². The summed E-state index contributed by atoms with van der Waals surface area (Å²) in [6.07, 6.45) is 4.48. The third-order valence-corrected chi connectivity index (χ3v) is 6.75. The molecule has 176 valence electrons. The van der Waals surface area contributed by atoms with E-state index < -0.39 is 0 Å². The van der Waals surface area contributed by atoms with Crippen molar-refractivity contribution in [2.45, 2.75) is 13.1 Å². The number of carbonyl (C=O) groups is 1. The molecule has 10 heteroatoms. The van der Waals surface area contributed by atoms with Gasteiger partial charge >= 0.3 is 0 Å². The number of hydrogen-bond acceptors (Lipinski definition) is 6. The summed E-state index contributed by atoms with van der Waals surface area (Å²) in [6, 6.07) is 17.8. The molecule has 5 rings (SSSR count). The number of anilines is 1. The Morgan fingerprint density at radius 2 is 1.97 bits per heavy atom. The second-order valence-corrected chi connectivity index (χ2v) is 9.92. The molecular formula is C25H18Cl2N4O3S. The number of halogens is 2. The van der Waals surface area contributed by atoms with Crippen LogP contribution in [0.2, 0.25) is 9.36 Å². The fraction of sp³-hybridized carbons (Fsp3) is 0.0800. The van der Waals surface area contributed by atoms with E-state index in [1.165, 1.54) is 28.5 Å². The average molecular weight is 525 g/mol. The molecule has 0 aliphatic heterocycles. The van der Waals surface area contributed by atoms with Crippen LogP contribution in [0.15, 0.2) is 88.6 Å². The van der Waals surface area contributed by atoms with E-state index in [1.807, 2.05) is 30.3 Å². The zero-order valence-corrected chi connectivity index (χ0v) is 20.5. The first-order valence-electron chi connectivity index (χ1n) is 10.6. The Labute approximate surface area is 214 Å².